The van der Waals surface area contributed by atoms with Gasteiger partial charge in [0, 0.05) is 12.1 Å². The predicted molar refractivity (Wildman–Crippen MR) is 95.6 cm³/mol. The number of hydrogen-bond acceptors (Lipinski definition) is 4. The zero-order chi connectivity index (χ0) is 17.5. The van der Waals surface area contributed by atoms with Crippen molar-refractivity contribution in [2.45, 2.75) is 64.6 Å². The second-order valence-electron chi connectivity index (χ2n) is 6.94. The van der Waals surface area contributed by atoms with Gasteiger partial charge in [-0.15, -0.1) is 0 Å². The molecule has 0 radical (unpaired) electrons. The smallest absolute Gasteiger partial charge is 0.244 e. The van der Waals surface area contributed by atoms with Crippen molar-refractivity contribution >= 4 is 31.7 Å². The Hall–Kier alpha value is -0.890. The van der Waals surface area contributed by atoms with Crippen LogP contribution in [0, 0.1) is 13.8 Å². The molecule has 1 aromatic heterocycles. The van der Waals surface area contributed by atoms with E-state index in [4.69, 9.17) is 0 Å². The molecule has 2 heterocycles. The Bertz CT molecular complexity index is 738. The van der Waals surface area contributed by atoms with Crippen LogP contribution in [-0.2, 0) is 21.2 Å². The van der Waals surface area contributed by atoms with Crippen LogP contribution in [0.2, 0.25) is 0 Å². The number of amides is 1. The van der Waals surface area contributed by atoms with Crippen LogP contribution in [0.3, 0.4) is 0 Å². The summed E-state index contributed by atoms with van der Waals surface area (Å²) in [5.41, 5.74) is 1.78. The standard InChI is InChI=1S/C16H24BrN3O3S/c1-11-16(17)12(2)19(18-11)9-15(21)20(13-5-3-4-6-13)14-7-8-24(22,23)10-14/h13-14H,3-10H2,1-2H3. The Morgan fingerprint density at radius 3 is 2.42 bits per heavy atom. The van der Waals surface area contributed by atoms with E-state index in [1.807, 2.05) is 18.7 Å². The van der Waals surface area contributed by atoms with E-state index in [2.05, 4.69) is 21.0 Å². The van der Waals surface area contributed by atoms with Gasteiger partial charge in [-0.25, -0.2) is 8.42 Å². The molecule has 0 spiro atoms. The maximum Gasteiger partial charge on any atom is 0.244 e. The van der Waals surface area contributed by atoms with Gasteiger partial charge in [0.15, 0.2) is 9.84 Å². The zero-order valence-corrected chi connectivity index (χ0v) is 16.6. The monoisotopic (exact) mass is 417 g/mol. The van der Waals surface area contributed by atoms with E-state index in [0.717, 1.165) is 41.5 Å². The number of rotatable bonds is 4. The Kier molecular flexibility index (Phi) is 5.06. The Morgan fingerprint density at radius 1 is 1.25 bits per heavy atom. The molecule has 1 amide bonds. The lowest BCUT2D eigenvalue weighted by atomic mass is 10.1. The second-order valence-corrected chi connectivity index (χ2v) is 9.96. The fraction of sp³-hybridized carbons (Fsp3) is 0.750. The second kappa shape index (κ2) is 6.78. The van der Waals surface area contributed by atoms with Gasteiger partial charge in [0.25, 0.3) is 0 Å². The van der Waals surface area contributed by atoms with Gasteiger partial charge >= 0.3 is 0 Å². The van der Waals surface area contributed by atoms with Crippen molar-refractivity contribution < 1.29 is 13.2 Å². The molecule has 2 fully saturated rings. The molecule has 24 heavy (non-hydrogen) atoms. The summed E-state index contributed by atoms with van der Waals surface area (Å²) in [6, 6.07) is 0.00205. The number of carbonyl (C=O) groups is 1. The lowest BCUT2D eigenvalue weighted by Gasteiger charge is -2.34. The minimum Gasteiger partial charge on any atom is -0.334 e. The average Bonchev–Trinajstić information content (AvgIpc) is 3.19. The third-order valence-corrected chi connectivity index (χ3v) is 8.08. The van der Waals surface area contributed by atoms with Gasteiger partial charge in [0.05, 0.1) is 27.4 Å². The number of hydrogen-bond donors (Lipinski definition) is 0. The Morgan fingerprint density at radius 2 is 1.92 bits per heavy atom. The molecule has 1 saturated heterocycles. The van der Waals surface area contributed by atoms with Crippen LogP contribution in [0.5, 0.6) is 0 Å². The van der Waals surface area contributed by atoms with Crippen molar-refractivity contribution in [2.24, 2.45) is 0 Å². The van der Waals surface area contributed by atoms with E-state index in [-0.39, 0.29) is 36.0 Å². The van der Waals surface area contributed by atoms with Gasteiger partial charge in [-0.3, -0.25) is 9.48 Å². The molecule has 0 aromatic carbocycles. The summed E-state index contributed by atoms with van der Waals surface area (Å²) in [4.78, 5) is 14.9. The minimum absolute atomic E-state index is 0.0119. The molecule has 1 aliphatic carbocycles. The number of aromatic nitrogens is 2. The van der Waals surface area contributed by atoms with E-state index < -0.39 is 9.84 Å². The molecule has 6 nitrogen and oxygen atoms in total. The van der Waals surface area contributed by atoms with Gasteiger partial charge in [-0.1, -0.05) is 12.8 Å². The molecular weight excluding hydrogens is 394 g/mol. The van der Waals surface area contributed by atoms with Crippen LogP contribution in [0.1, 0.15) is 43.5 Å². The SMILES string of the molecule is Cc1nn(CC(=O)N(C2CCCC2)C2CCS(=O)(=O)C2)c(C)c1Br. The normalized spacial score (nSPS) is 23.7. The van der Waals surface area contributed by atoms with E-state index in [1.54, 1.807) is 4.68 Å². The lowest BCUT2D eigenvalue weighted by molar-refractivity contribution is -0.136. The number of halogens is 1. The topological polar surface area (TPSA) is 72.3 Å². The molecule has 3 rings (SSSR count). The van der Waals surface area contributed by atoms with Crippen LogP contribution in [0.4, 0.5) is 0 Å². The van der Waals surface area contributed by atoms with Gasteiger partial charge in [0.2, 0.25) is 5.91 Å². The minimum atomic E-state index is -3.01. The summed E-state index contributed by atoms with van der Waals surface area (Å²) in [5, 5.41) is 4.42. The van der Waals surface area contributed by atoms with Crippen LogP contribution in [0.15, 0.2) is 4.47 Å². The lowest BCUT2D eigenvalue weighted by Crippen LogP contribution is -2.48. The number of aryl methyl sites for hydroxylation is 1. The number of carbonyl (C=O) groups excluding carboxylic acids is 1. The molecule has 0 N–H and O–H groups in total. The highest BCUT2D eigenvalue weighted by atomic mass is 79.9. The molecule has 1 unspecified atom stereocenters. The van der Waals surface area contributed by atoms with Crippen LogP contribution in [0.25, 0.3) is 0 Å². The van der Waals surface area contributed by atoms with E-state index >= 15 is 0 Å². The molecular formula is C16H24BrN3O3S. The van der Waals surface area contributed by atoms with Crippen molar-refractivity contribution in [1.82, 2.24) is 14.7 Å². The summed E-state index contributed by atoms with van der Waals surface area (Å²) in [6.45, 7) is 4.00. The summed E-state index contributed by atoms with van der Waals surface area (Å²) >= 11 is 3.49. The summed E-state index contributed by atoms with van der Waals surface area (Å²) < 4.78 is 26.4. The van der Waals surface area contributed by atoms with Crippen molar-refractivity contribution in [3.63, 3.8) is 0 Å². The van der Waals surface area contributed by atoms with Gasteiger partial charge in [-0.2, -0.15) is 5.10 Å². The number of sulfone groups is 1. The summed E-state index contributed by atoms with van der Waals surface area (Å²) in [7, 11) is -3.01. The van der Waals surface area contributed by atoms with Crippen molar-refractivity contribution in [3.8, 4) is 0 Å². The molecule has 134 valence electrons. The number of nitrogens with zero attached hydrogens (tertiary/aromatic N) is 3. The zero-order valence-electron chi connectivity index (χ0n) is 14.2. The highest BCUT2D eigenvalue weighted by molar-refractivity contribution is 9.10. The summed E-state index contributed by atoms with van der Waals surface area (Å²) in [6.07, 6.45) is 4.73. The van der Waals surface area contributed by atoms with Gasteiger partial charge in [0.1, 0.15) is 6.54 Å². The Balaban J connectivity index is 1.82. The molecule has 1 aliphatic heterocycles. The molecule has 0 bridgehead atoms. The highest BCUT2D eigenvalue weighted by Crippen LogP contribution is 2.30. The van der Waals surface area contributed by atoms with Gasteiger partial charge in [-0.05, 0) is 49.0 Å². The fourth-order valence-corrected chi connectivity index (χ4v) is 5.92. The largest absolute Gasteiger partial charge is 0.334 e. The third-order valence-electron chi connectivity index (χ3n) is 5.19. The maximum absolute atomic E-state index is 13.0. The maximum atomic E-state index is 13.0. The Labute approximate surface area is 151 Å². The van der Waals surface area contributed by atoms with Crippen LogP contribution in [-0.4, -0.2) is 52.6 Å². The molecule has 1 aromatic rings. The van der Waals surface area contributed by atoms with Crippen molar-refractivity contribution in [2.75, 3.05) is 11.5 Å². The molecule has 1 atom stereocenters. The molecule has 8 heteroatoms. The summed E-state index contributed by atoms with van der Waals surface area (Å²) in [5.74, 6) is 0.289. The van der Waals surface area contributed by atoms with E-state index in [9.17, 15) is 13.2 Å². The highest BCUT2D eigenvalue weighted by Gasteiger charge is 2.39. The third kappa shape index (κ3) is 3.54. The first-order valence-corrected chi connectivity index (χ1v) is 11.1. The first-order valence-electron chi connectivity index (χ1n) is 8.49. The molecule has 2 aliphatic rings. The fourth-order valence-electron chi connectivity index (χ4n) is 3.92. The average molecular weight is 418 g/mol. The molecule has 1 saturated carbocycles. The van der Waals surface area contributed by atoms with Crippen molar-refractivity contribution in [1.29, 1.82) is 0 Å². The van der Waals surface area contributed by atoms with Crippen LogP contribution < -0.4 is 0 Å². The predicted octanol–water partition coefficient (Wildman–Crippen LogP) is 2.22. The van der Waals surface area contributed by atoms with Crippen molar-refractivity contribution in [3.05, 3.63) is 15.9 Å². The first-order chi connectivity index (χ1) is 11.3. The quantitative estimate of drug-likeness (QED) is 0.752. The van der Waals surface area contributed by atoms with E-state index in [1.165, 1.54) is 0 Å². The van der Waals surface area contributed by atoms with E-state index in [0.29, 0.717) is 6.42 Å². The van der Waals surface area contributed by atoms with Gasteiger partial charge < -0.3 is 4.90 Å². The first kappa shape index (κ1) is 17.9. The van der Waals surface area contributed by atoms with Crippen LogP contribution >= 0.6 is 15.9 Å².